The predicted octanol–water partition coefficient (Wildman–Crippen LogP) is 3.08. The molecule has 3 rings (SSSR count). The first-order valence-electron chi connectivity index (χ1n) is 7.48. The molecular formula is C16H22N2OS. The summed E-state index contributed by atoms with van der Waals surface area (Å²) in [6.07, 6.45) is 3.62. The summed E-state index contributed by atoms with van der Waals surface area (Å²) >= 11 is 1.72. The van der Waals surface area contributed by atoms with E-state index in [1.165, 1.54) is 11.1 Å². The van der Waals surface area contributed by atoms with Crippen LogP contribution in [0, 0.1) is 0 Å². The van der Waals surface area contributed by atoms with Gasteiger partial charge < -0.3 is 10.0 Å². The molecule has 1 aliphatic heterocycles. The number of para-hydroxylation sites is 1. The number of hydrogen-bond donors (Lipinski definition) is 1. The van der Waals surface area contributed by atoms with E-state index in [1.807, 2.05) is 18.2 Å². The molecule has 108 valence electrons. The standard InChI is InChI=1S/C16H22N2OS/c1-2-9-18-10-7-16(19,8-11-18)12-15-17-13-5-3-4-6-14(13)20-15/h3-6,19H,2,7-12H2,1H3. The topological polar surface area (TPSA) is 36.4 Å². The summed E-state index contributed by atoms with van der Waals surface area (Å²) in [7, 11) is 0. The highest BCUT2D eigenvalue weighted by molar-refractivity contribution is 7.18. The van der Waals surface area contributed by atoms with Crippen molar-refractivity contribution in [3.8, 4) is 0 Å². The van der Waals surface area contributed by atoms with Gasteiger partial charge in [0.05, 0.1) is 20.8 Å². The van der Waals surface area contributed by atoms with Crippen molar-refractivity contribution in [3.05, 3.63) is 29.3 Å². The van der Waals surface area contributed by atoms with Gasteiger partial charge in [-0.3, -0.25) is 0 Å². The van der Waals surface area contributed by atoms with Crippen molar-refractivity contribution in [2.45, 2.75) is 38.2 Å². The van der Waals surface area contributed by atoms with Crippen molar-refractivity contribution in [2.75, 3.05) is 19.6 Å². The first-order valence-corrected chi connectivity index (χ1v) is 8.29. The van der Waals surface area contributed by atoms with E-state index in [4.69, 9.17) is 0 Å². The molecule has 0 spiro atoms. The van der Waals surface area contributed by atoms with Gasteiger partial charge in [-0.05, 0) is 37.9 Å². The predicted molar refractivity (Wildman–Crippen MR) is 84.2 cm³/mol. The van der Waals surface area contributed by atoms with Crippen molar-refractivity contribution in [3.63, 3.8) is 0 Å². The van der Waals surface area contributed by atoms with E-state index < -0.39 is 5.60 Å². The van der Waals surface area contributed by atoms with Crippen molar-refractivity contribution >= 4 is 21.6 Å². The van der Waals surface area contributed by atoms with Gasteiger partial charge in [0.2, 0.25) is 0 Å². The number of hydrogen-bond acceptors (Lipinski definition) is 4. The first-order chi connectivity index (χ1) is 9.68. The van der Waals surface area contributed by atoms with Gasteiger partial charge in [-0.25, -0.2) is 4.98 Å². The zero-order chi connectivity index (χ0) is 14.0. The molecule has 1 saturated heterocycles. The molecule has 1 aliphatic rings. The van der Waals surface area contributed by atoms with E-state index in [2.05, 4.69) is 22.9 Å². The zero-order valence-electron chi connectivity index (χ0n) is 12.0. The average molecular weight is 290 g/mol. The van der Waals surface area contributed by atoms with Gasteiger partial charge in [-0.15, -0.1) is 11.3 Å². The van der Waals surface area contributed by atoms with Crippen LogP contribution in [-0.2, 0) is 6.42 Å². The molecular weight excluding hydrogens is 268 g/mol. The van der Waals surface area contributed by atoms with Crippen LogP contribution in [0.25, 0.3) is 10.2 Å². The minimum absolute atomic E-state index is 0.557. The largest absolute Gasteiger partial charge is 0.389 e. The molecule has 0 bridgehead atoms. The van der Waals surface area contributed by atoms with E-state index in [1.54, 1.807) is 11.3 Å². The summed E-state index contributed by atoms with van der Waals surface area (Å²) in [4.78, 5) is 7.10. The Morgan fingerprint density at radius 1 is 1.30 bits per heavy atom. The van der Waals surface area contributed by atoms with Crippen LogP contribution in [0.2, 0.25) is 0 Å². The Hall–Kier alpha value is -0.970. The molecule has 20 heavy (non-hydrogen) atoms. The second kappa shape index (κ2) is 5.80. The Bertz CT molecular complexity index is 540. The third kappa shape index (κ3) is 3.03. The number of piperidine rings is 1. The molecule has 0 radical (unpaired) electrons. The summed E-state index contributed by atoms with van der Waals surface area (Å²) < 4.78 is 1.22. The van der Waals surface area contributed by atoms with Gasteiger partial charge in [-0.2, -0.15) is 0 Å². The fourth-order valence-corrected chi connectivity index (χ4v) is 4.07. The highest BCUT2D eigenvalue weighted by atomic mass is 32.1. The number of aliphatic hydroxyl groups is 1. The van der Waals surface area contributed by atoms with E-state index in [0.717, 1.165) is 43.0 Å². The molecule has 1 aromatic heterocycles. The summed E-state index contributed by atoms with van der Waals surface area (Å²) in [5, 5.41) is 11.8. The molecule has 4 heteroatoms. The second-order valence-electron chi connectivity index (χ2n) is 5.82. The molecule has 3 nitrogen and oxygen atoms in total. The lowest BCUT2D eigenvalue weighted by Crippen LogP contribution is -2.45. The molecule has 1 fully saturated rings. The van der Waals surface area contributed by atoms with Crippen molar-refractivity contribution < 1.29 is 5.11 Å². The zero-order valence-corrected chi connectivity index (χ0v) is 12.8. The van der Waals surface area contributed by atoms with Crippen LogP contribution in [0.3, 0.4) is 0 Å². The SMILES string of the molecule is CCCN1CCC(O)(Cc2nc3ccccc3s2)CC1. The number of likely N-dealkylation sites (tertiary alicyclic amines) is 1. The van der Waals surface area contributed by atoms with Gasteiger partial charge in [0.25, 0.3) is 0 Å². The van der Waals surface area contributed by atoms with Gasteiger partial charge in [0, 0.05) is 19.5 Å². The highest BCUT2D eigenvalue weighted by Gasteiger charge is 2.33. The van der Waals surface area contributed by atoms with Gasteiger partial charge >= 0.3 is 0 Å². The van der Waals surface area contributed by atoms with Gasteiger partial charge in [0.15, 0.2) is 0 Å². The summed E-state index contributed by atoms with van der Waals surface area (Å²) in [6, 6.07) is 8.21. The normalized spacial score (nSPS) is 19.5. The number of fused-ring (bicyclic) bond motifs is 1. The molecule has 0 atom stereocenters. The van der Waals surface area contributed by atoms with E-state index in [0.29, 0.717) is 6.42 Å². The first kappa shape index (κ1) is 14.0. The number of nitrogens with zero attached hydrogens (tertiary/aromatic N) is 2. The Balaban J connectivity index is 1.68. The lowest BCUT2D eigenvalue weighted by atomic mass is 9.88. The van der Waals surface area contributed by atoms with Crippen molar-refractivity contribution in [1.82, 2.24) is 9.88 Å². The molecule has 1 aromatic carbocycles. The molecule has 2 aromatic rings. The average Bonchev–Trinajstić information content (AvgIpc) is 2.83. The van der Waals surface area contributed by atoms with Crippen LogP contribution < -0.4 is 0 Å². The molecule has 0 saturated carbocycles. The fraction of sp³-hybridized carbons (Fsp3) is 0.562. The quantitative estimate of drug-likeness (QED) is 0.940. The third-order valence-corrected chi connectivity index (χ3v) is 5.18. The number of aromatic nitrogens is 1. The van der Waals surface area contributed by atoms with Crippen LogP contribution in [0.5, 0.6) is 0 Å². The minimum atomic E-state index is -0.557. The number of thiazole rings is 1. The Labute approximate surface area is 124 Å². The van der Waals surface area contributed by atoms with Gasteiger partial charge in [0.1, 0.15) is 0 Å². The monoisotopic (exact) mass is 290 g/mol. The van der Waals surface area contributed by atoms with Crippen LogP contribution in [-0.4, -0.2) is 40.2 Å². The fourth-order valence-electron chi connectivity index (χ4n) is 2.96. The van der Waals surface area contributed by atoms with Crippen LogP contribution >= 0.6 is 11.3 Å². The Kier molecular flexibility index (Phi) is 4.06. The van der Waals surface area contributed by atoms with Crippen LogP contribution in [0.1, 0.15) is 31.2 Å². The molecule has 1 N–H and O–H groups in total. The van der Waals surface area contributed by atoms with E-state index >= 15 is 0 Å². The molecule has 0 amide bonds. The molecule has 2 heterocycles. The maximum absolute atomic E-state index is 10.8. The highest BCUT2D eigenvalue weighted by Crippen LogP contribution is 2.30. The van der Waals surface area contributed by atoms with Crippen molar-refractivity contribution in [2.24, 2.45) is 0 Å². The summed E-state index contributed by atoms with van der Waals surface area (Å²) in [5.41, 5.74) is 0.498. The van der Waals surface area contributed by atoms with E-state index in [-0.39, 0.29) is 0 Å². The smallest absolute Gasteiger partial charge is 0.0967 e. The number of benzene rings is 1. The Morgan fingerprint density at radius 3 is 2.75 bits per heavy atom. The Morgan fingerprint density at radius 2 is 2.05 bits per heavy atom. The third-order valence-electron chi connectivity index (χ3n) is 4.15. The van der Waals surface area contributed by atoms with Gasteiger partial charge in [-0.1, -0.05) is 19.1 Å². The molecule has 0 unspecified atom stereocenters. The lowest BCUT2D eigenvalue weighted by molar-refractivity contribution is -0.0204. The lowest BCUT2D eigenvalue weighted by Gasteiger charge is -2.37. The van der Waals surface area contributed by atoms with Crippen LogP contribution in [0.4, 0.5) is 0 Å². The number of rotatable bonds is 4. The minimum Gasteiger partial charge on any atom is -0.389 e. The summed E-state index contributed by atoms with van der Waals surface area (Å²) in [6.45, 7) is 5.38. The second-order valence-corrected chi connectivity index (χ2v) is 6.93. The molecule has 0 aliphatic carbocycles. The van der Waals surface area contributed by atoms with E-state index in [9.17, 15) is 5.11 Å². The maximum atomic E-state index is 10.8. The summed E-state index contributed by atoms with van der Waals surface area (Å²) in [5.74, 6) is 0. The maximum Gasteiger partial charge on any atom is 0.0967 e. The van der Waals surface area contributed by atoms with Crippen molar-refractivity contribution in [1.29, 1.82) is 0 Å². The van der Waals surface area contributed by atoms with Crippen LogP contribution in [0.15, 0.2) is 24.3 Å².